The van der Waals surface area contributed by atoms with Crippen LogP contribution in [-0.4, -0.2) is 12.5 Å². The monoisotopic (exact) mass is 351 g/mol. The summed E-state index contributed by atoms with van der Waals surface area (Å²) >= 11 is 1.63. The number of nitrogens with one attached hydrogen (secondary N) is 1. The number of alkyl halides is 2. The topological polar surface area (TPSA) is 38.3 Å². The van der Waals surface area contributed by atoms with Gasteiger partial charge in [-0.25, -0.2) is 0 Å². The number of hydrogen-bond acceptors (Lipinski definition) is 3. The zero-order valence-electron chi connectivity index (χ0n) is 13.6. The van der Waals surface area contributed by atoms with E-state index in [9.17, 15) is 13.6 Å². The number of fused-ring (bicyclic) bond motifs is 1. The smallest absolute Gasteiger partial charge is 0.387 e. The third kappa shape index (κ3) is 3.43. The molecular formula is C18H19F2NO2S. The van der Waals surface area contributed by atoms with Gasteiger partial charge in [0.25, 0.3) is 5.91 Å². The van der Waals surface area contributed by atoms with E-state index < -0.39 is 6.61 Å². The molecule has 0 aliphatic heterocycles. The quantitative estimate of drug-likeness (QED) is 0.838. The Morgan fingerprint density at radius 3 is 2.96 bits per heavy atom. The number of amides is 1. The maximum absolute atomic E-state index is 12.6. The van der Waals surface area contributed by atoms with Gasteiger partial charge in [-0.15, -0.1) is 11.3 Å². The Morgan fingerprint density at radius 2 is 2.21 bits per heavy atom. The Balaban J connectivity index is 1.81. The zero-order chi connectivity index (χ0) is 17.3. The number of anilines is 1. The molecule has 1 aliphatic carbocycles. The average molecular weight is 351 g/mol. The largest absolute Gasteiger partial charge is 0.434 e. The molecule has 1 heterocycles. The summed E-state index contributed by atoms with van der Waals surface area (Å²) < 4.78 is 29.3. The van der Waals surface area contributed by atoms with Crippen molar-refractivity contribution >= 4 is 22.9 Å². The molecule has 1 atom stereocenters. The van der Waals surface area contributed by atoms with Crippen molar-refractivity contribution in [3.63, 3.8) is 0 Å². The Bertz CT molecular complexity index is 757. The van der Waals surface area contributed by atoms with E-state index in [-0.39, 0.29) is 11.7 Å². The predicted molar refractivity (Wildman–Crippen MR) is 91.3 cm³/mol. The third-order valence-electron chi connectivity index (χ3n) is 4.39. The van der Waals surface area contributed by atoms with Gasteiger partial charge in [0.1, 0.15) is 5.75 Å². The molecule has 24 heavy (non-hydrogen) atoms. The number of thiophene rings is 1. The molecule has 1 aromatic heterocycles. The fourth-order valence-electron chi connectivity index (χ4n) is 3.03. The summed E-state index contributed by atoms with van der Waals surface area (Å²) in [5, 5.41) is 4.73. The summed E-state index contributed by atoms with van der Waals surface area (Å²) in [4.78, 5) is 13.9. The molecule has 1 amide bonds. The number of halogens is 2. The summed E-state index contributed by atoms with van der Waals surface area (Å²) in [7, 11) is 0. The van der Waals surface area contributed by atoms with Crippen molar-refractivity contribution in [3.05, 3.63) is 45.1 Å². The van der Waals surface area contributed by atoms with Crippen LogP contribution in [-0.2, 0) is 12.8 Å². The summed E-state index contributed by atoms with van der Waals surface area (Å²) in [6, 6.07) is 4.74. The van der Waals surface area contributed by atoms with Crippen molar-refractivity contribution < 1.29 is 18.3 Å². The third-order valence-corrected chi connectivity index (χ3v) is 5.45. The number of carbonyl (C=O) groups excluding carboxylic acids is 1. The van der Waals surface area contributed by atoms with Crippen LogP contribution in [0.1, 0.15) is 39.7 Å². The van der Waals surface area contributed by atoms with Crippen LogP contribution < -0.4 is 10.1 Å². The van der Waals surface area contributed by atoms with Crippen molar-refractivity contribution in [1.82, 2.24) is 0 Å². The first-order valence-corrected chi connectivity index (χ1v) is 8.78. The molecule has 3 rings (SSSR count). The van der Waals surface area contributed by atoms with Crippen molar-refractivity contribution in [2.45, 2.75) is 39.7 Å². The first kappa shape index (κ1) is 16.9. The fraction of sp³-hybridized carbons (Fsp3) is 0.389. The van der Waals surface area contributed by atoms with Crippen LogP contribution in [0.3, 0.4) is 0 Å². The van der Waals surface area contributed by atoms with Crippen molar-refractivity contribution in [3.8, 4) is 5.75 Å². The number of ether oxygens (including phenoxy) is 1. The van der Waals surface area contributed by atoms with Crippen LogP contribution in [0.25, 0.3) is 0 Å². The minimum Gasteiger partial charge on any atom is -0.434 e. The van der Waals surface area contributed by atoms with Crippen LogP contribution in [0.2, 0.25) is 0 Å². The molecule has 0 fully saturated rings. The normalized spacial score (nSPS) is 16.8. The highest BCUT2D eigenvalue weighted by Gasteiger charge is 2.23. The molecule has 0 spiro atoms. The number of carbonyl (C=O) groups is 1. The minimum absolute atomic E-state index is 0.0731. The van der Waals surface area contributed by atoms with E-state index in [1.54, 1.807) is 30.4 Å². The van der Waals surface area contributed by atoms with Crippen molar-refractivity contribution in [2.75, 3.05) is 5.32 Å². The Morgan fingerprint density at radius 1 is 1.42 bits per heavy atom. The van der Waals surface area contributed by atoms with Gasteiger partial charge in [0.2, 0.25) is 0 Å². The Kier molecular flexibility index (Phi) is 4.85. The summed E-state index contributed by atoms with van der Waals surface area (Å²) in [6.07, 6.45) is 3.01. The molecule has 0 radical (unpaired) electrons. The highest BCUT2D eigenvalue weighted by molar-refractivity contribution is 7.10. The Labute approximate surface area is 143 Å². The van der Waals surface area contributed by atoms with Gasteiger partial charge in [-0.1, -0.05) is 13.0 Å². The van der Waals surface area contributed by atoms with E-state index in [2.05, 4.69) is 17.0 Å². The van der Waals surface area contributed by atoms with E-state index in [0.717, 1.165) is 24.8 Å². The van der Waals surface area contributed by atoms with Crippen LogP contribution >= 0.6 is 11.3 Å². The van der Waals surface area contributed by atoms with Gasteiger partial charge in [0.05, 0.1) is 5.56 Å². The van der Waals surface area contributed by atoms with Crippen LogP contribution in [0.5, 0.6) is 5.75 Å². The maximum atomic E-state index is 12.6. The summed E-state index contributed by atoms with van der Waals surface area (Å²) in [5.74, 6) is 0.529. The van der Waals surface area contributed by atoms with E-state index in [4.69, 9.17) is 0 Å². The minimum atomic E-state index is -2.89. The second-order valence-electron chi connectivity index (χ2n) is 6.16. The highest BCUT2D eigenvalue weighted by atomic mass is 32.1. The fourth-order valence-corrected chi connectivity index (χ4v) is 4.28. The van der Waals surface area contributed by atoms with E-state index in [1.165, 1.54) is 10.9 Å². The van der Waals surface area contributed by atoms with Crippen molar-refractivity contribution in [1.29, 1.82) is 0 Å². The molecule has 1 unspecified atom stereocenters. The predicted octanol–water partition coefficient (Wildman–Crippen LogP) is 5.04. The lowest BCUT2D eigenvalue weighted by molar-refractivity contribution is -0.0502. The standard InChI is InChI=1S/C18H19F2NO2S/c1-10-6-7-12-13(9-24-16(12)8-10)17(22)21-14-4-3-5-15(11(14)2)23-18(19)20/h3-5,9-10,18H,6-8H2,1-2H3,(H,21,22). The second kappa shape index (κ2) is 6.89. The molecule has 1 aliphatic rings. The molecule has 0 bridgehead atoms. The van der Waals surface area contributed by atoms with Gasteiger partial charge in [-0.05, 0) is 49.8 Å². The zero-order valence-corrected chi connectivity index (χ0v) is 14.4. The first-order chi connectivity index (χ1) is 11.5. The van der Waals surface area contributed by atoms with E-state index in [0.29, 0.717) is 22.7 Å². The molecule has 0 saturated heterocycles. The van der Waals surface area contributed by atoms with Gasteiger partial charge >= 0.3 is 6.61 Å². The molecule has 2 aromatic rings. The highest BCUT2D eigenvalue weighted by Crippen LogP contribution is 2.34. The molecule has 6 heteroatoms. The number of hydrogen-bond donors (Lipinski definition) is 1. The van der Waals surface area contributed by atoms with Gasteiger partial charge in [0.15, 0.2) is 0 Å². The summed E-state index contributed by atoms with van der Waals surface area (Å²) in [6.45, 7) is 0.985. The lowest BCUT2D eigenvalue weighted by atomic mass is 9.88. The molecule has 3 nitrogen and oxygen atoms in total. The number of benzene rings is 1. The maximum Gasteiger partial charge on any atom is 0.387 e. The molecular weight excluding hydrogens is 332 g/mol. The van der Waals surface area contributed by atoms with Crippen LogP contribution in [0.4, 0.5) is 14.5 Å². The van der Waals surface area contributed by atoms with E-state index in [1.807, 2.05) is 5.38 Å². The molecule has 128 valence electrons. The van der Waals surface area contributed by atoms with Gasteiger partial charge in [-0.2, -0.15) is 8.78 Å². The lowest BCUT2D eigenvalue weighted by Gasteiger charge is -2.19. The van der Waals surface area contributed by atoms with Gasteiger partial charge < -0.3 is 10.1 Å². The SMILES string of the molecule is Cc1c(NC(=O)c2csc3c2CCC(C)C3)cccc1OC(F)F. The number of rotatable bonds is 4. The first-order valence-electron chi connectivity index (χ1n) is 7.90. The van der Waals surface area contributed by atoms with Gasteiger partial charge in [-0.3, -0.25) is 4.79 Å². The second-order valence-corrected chi connectivity index (χ2v) is 7.12. The molecule has 0 saturated carbocycles. The summed E-state index contributed by atoms with van der Waals surface area (Å²) in [5.41, 5.74) is 2.81. The lowest BCUT2D eigenvalue weighted by Crippen LogP contribution is -2.17. The van der Waals surface area contributed by atoms with Gasteiger partial charge in [0, 0.05) is 21.5 Å². The molecule has 1 N–H and O–H groups in total. The van der Waals surface area contributed by atoms with Crippen LogP contribution in [0.15, 0.2) is 23.6 Å². The van der Waals surface area contributed by atoms with Crippen molar-refractivity contribution in [2.24, 2.45) is 5.92 Å². The Hall–Kier alpha value is -1.95. The van der Waals surface area contributed by atoms with E-state index >= 15 is 0 Å². The molecule has 1 aromatic carbocycles. The van der Waals surface area contributed by atoms with Crippen LogP contribution in [0, 0.1) is 12.8 Å². The average Bonchev–Trinajstić information content (AvgIpc) is 2.93.